The van der Waals surface area contributed by atoms with E-state index in [9.17, 15) is 0 Å². The molecule has 1 aromatic rings. The largest absolute Gasteiger partial charge is 0.298 e. The normalized spacial score (nSPS) is 18.7. The molecule has 0 atom stereocenters. The Morgan fingerprint density at radius 2 is 1.93 bits per heavy atom. The lowest BCUT2D eigenvalue weighted by atomic mass is 10.1. The predicted octanol–water partition coefficient (Wildman–Crippen LogP) is 1.81. The molecule has 2 rings (SSSR count). The minimum Gasteiger partial charge on any atom is -0.298 e. The lowest BCUT2D eigenvalue weighted by Gasteiger charge is -2.19. The zero-order valence-corrected chi connectivity index (χ0v) is 9.45. The Labute approximate surface area is 92.3 Å². The molecule has 0 N–H and O–H groups in total. The third-order valence-corrected chi connectivity index (χ3v) is 2.89. The second kappa shape index (κ2) is 5.29. The summed E-state index contributed by atoms with van der Waals surface area (Å²) in [7, 11) is 0. The molecule has 81 valence electrons. The number of benzene rings is 1. The molecule has 0 amide bonds. The highest BCUT2D eigenvalue weighted by Crippen LogP contribution is 2.08. The molecule has 1 radical (unpaired) electrons. The number of nitrogens with zero attached hydrogens (tertiary/aromatic N) is 2. The average molecular weight is 203 g/mol. The van der Waals surface area contributed by atoms with Gasteiger partial charge in [-0.25, -0.2) is 5.32 Å². The molecule has 1 fully saturated rings. The van der Waals surface area contributed by atoms with Gasteiger partial charge in [0.05, 0.1) is 0 Å². The van der Waals surface area contributed by atoms with E-state index in [0.29, 0.717) is 0 Å². The molecular weight excluding hydrogens is 184 g/mol. The van der Waals surface area contributed by atoms with Crippen molar-refractivity contribution in [1.82, 2.24) is 10.2 Å². The molecule has 1 saturated heterocycles. The van der Waals surface area contributed by atoms with Gasteiger partial charge in [0.2, 0.25) is 0 Å². The smallest absolute Gasteiger partial charge is 0.0261 e. The quantitative estimate of drug-likeness (QED) is 0.716. The van der Waals surface area contributed by atoms with Gasteiger partial charge in [-0.1, -0.05) is 29.8 Å². The second-order valence-electron chi connectivity index (χ2n) is 4.29. The Kier molecular flexibility index (Phi) is 3.75. The molecule has 1 heterocycles. The van der Waals surface area contributed by atoms with Crippen molar-refractivity contribution in [2.45, 2.75) is 19.9 Å². The van der Waals surface area contributed by atoms with Crippen LogP contribution in [0.15, 0.2) is 24.3 Å². The fraction of sp³-hybridized carbons (Fsp3) is 0.538. The minimum atomic E-state index is 1.01. The Bertz CT molecular complexity index is 284. The lowest BCUT2D eigenvalue weighted by Crippen LogP contribution is -2.26. The highest BCUT2D eigenvalue weighted by Gasteiger charge is 2.08. The first-order valence-corrected chi connectivity index (χ1v) is 5.76. The number of rotatable bonds is 2. The van der Waals surface area contributed by atoms with Crippen molar-refractivity contribution in [2.24, 2.45) is 0 Å². The van der Waals surface area contributed by atoms with Gasteiger partial charge in [-0.3, -0.25) is 4.90 Å². The van der Waals surface area contributed by atoms with Crippen molar-refractivity contribution < 1.29 is 0 Å². The van der Waals surface area contributed by atoms with Gasteiger partial charge >= 0.3 is 0 Å². The van der Waals surface area contributed by atoms with Crippen molar-refractivity contribution in [3.05, 3.63) is 35.4 Å². The maximum Gasteiger partial charge on any atom is 0.0261 e. The lowest BCUT2D eigenvalue weighted by molar-refractivity contribution is 0.284. The van der Waals surface area contributed by atoms with Gasteiger partial charge in [-0.05, 0) is 25.5 Å². The van der Waals surface area contributed by atoms with Gasteiger partial charge in [0, 0.05) is 26.2 Å². The molecule has 0 saturated carbocycles. The number of hydrogen-bond donors (Lipinski definition) is 0. The van der Waals surface area contributed by atoms with Gasteiger partial charge in [0.25, 0.3) is 0 Å². The molecule has 1 aliphatic heterocycles. The molecule has 2 nitrogen and oxygen atoms in total. The number of hydrogen-bond acceptors (Lipinski definition) is 1. The van der Waals surface area contributed by atoms with Crippen molar-refractivity contribution in [3.8, 4) is 0 Å². The molecular formula is C13H19N2. The van der Waals surface area contributed by atoms with Crippen LogP contribution in [0.5, 0.6) is 0 Å². The molecule has 2 heteroatoms. The fourth-order valence-corrected chi connectivity index (χ4v) is 1.95. The molecule has 0 spiro atoms. The second-order valence-corrected chi connectivity index (χ2v) is 4.29. The summed E-state index contributed by atoms with van der Waals surface area (Å²) in [6.07, 6.45) is 1.21. The standard InChI is InChI=1S/C13H19N2/c1-12-3-5-13(6-4-12)11-15-9-2-7-14-8-10-15/h3-6H,2,7-11H2,1H3. The summed E-state index contributed by atoms with van der Waals surface area (Å²) in [5.41, 5.74) is 2.76. The van der Waals surface area contributed by atoms with E-state index in [-0.39, 0.29) is 0 Å². The van der Waals surface area contributed by atoms with E-state index < -0.39 is 0 Å². The summed E-state index contributed by atoms with van der Waals surface area (Å²) in [6.45, 7) is 7.58. The molecule has 0 unspecified atom stereocenters. The zero-order valence-electron chi connectivity index (χ0n) is 9.45. The molecule has 1 aromatic carbocycles. The first-order chi connectivity index (χ1) is 7.34. The van der Waals surface area contributed by atoms with E-state index in [4.69, 9.17) is 0 Å². The van der Waals surface area contributed by atoms with E-state index in [1.807, 2.05) is 0 Å². The third kappa shape index (κ3) is 3.33. The first kappa shape index (κ1) is 10.7. The van der Waals surface area contributed by atoms with Crippen LogP contribution in [0.4, 0.5) is 0 Å². The van der Waals surface area contributed by atoms with Crippen molar-refractivity contribution in [1.29, 1.82) is 0 Å². The van der Waals surface area contributed by atoms with E-state index in [0.717, 1.165) is 26.2 Å². The summed E-state index contributed by atoms with van der Waals surface area (Å²) in [5.74, 6) is 0. The van der Waals surface area contributed by atoms with E-state index >= 15 is 0 Å². The molecule has 0 aromatic heterocycles. The summed E-state index contributed by atoms with van der Waals surface area (Å²) in [4.78, 5) is 2.50. The molecule has 15 heavy (non-hydrogen) atoms. The van der Waals surface area contributed by atoms with E-state index in [2.05, 4.69) is 41.4 Å². The highest BCUT2D eigenvalue weighted by atomic mass is 15.1. The van der Waals surface area contributed by atoms with Crippen molar-refractivity contribution in [2.75, 3.05) is 26.2 Å². The van der Waals surface area contributed by atoms with E-state index in [1.165, 1.54) is 24.1 Å². The molecule has 1 aliphatic rings. The van der Waals surface area contributed by atoms with Crippen LogP contribution >= 0.6 is 0 Å². The maximum atomic E-state index is 4.44. The molecule has 0 bridgehead atoms. The van der Waals surface area contributed by atoms with Crippen LogP contribution in [0, 0.1) is 6.92 Å². The number of aryl methyl sites for hydroxylation is 1. The predicted molar refractivity (Wildman–Crippen MR) is 62.9 cm³/mol. The maximum absolute atomic E-state index is 4.44. The Morgan fingerprint density at radius 1 is 1.13 bits per heavy atom. The van der Waals surface area contributed by atoms with Gasteiger partial charge in [-0.2, -0.15) is 0 Å². The summed E-state index contributed by atoms with van der Waals surface area (Å²) in [5, 5.41) is 4.44. The fourth-order valence-electron chi connectivity index (χ4n) is 1.95. The minimum absolute atomic E-state index is 1.01. The van der Waals surface area contributed by atoms with Crippen molar-refractivity contribution in [3.63, 3.8) is 0 Å². The topological polar surface area (TPSA) is 17.3 Å². The first-order valence-electron chi connectivity index (χ1n) is 5.76. The van der Waals surface area contributed by atoms with Gasteiger partial charge in [0.15, 0.2) is 0 Å². The van der Waals surface area contributed by atoms with Crippen LogP contribution < -0.4 is 5.32 Å². The Balaban J connectivity index is 1.92. The van der Waals surface area contributed by atoms with E-state index in [1.54, 1.807) is 0 Å². The van der Waals surface area contributed by atoms with Crippen LogP contribution in [-0.2, 0) is 6.54 Å². The van der Waals surface area contributed by atoms with Crippen LogP contribution in [0.2, 0.25) is 0 Å². The zero-order chi connectivity index (χ0) is 10.5. The van der Waals surface area contributed by atoms with Crippen LogP contribution in [0.1, 0.15) is 17.5 Å². The van der Waals surface area contributed by atoms with Crippen LogP contribution in [-0.4, -0.2) is 31.1 Å². The Hall–Kier alpha value is -0.860. The van der Waals surface area contributed by atoms with Gasteiger partial charge < -0.3 is 0 Å². The van der Waals surface area contributed by atoms with Crippen LogP contribution in [0.3, 0.4) is 0 Å². The van der Waals surface area contributed by atoms with Gasteiger partial charge in [0.1, 0.15) is 0 Å². The third-order valence-electron chi connectivity index (χ3n) is 2.89. The summed E-state index contributed by atoms with van der Waals surface area (Å²) in [6, 6.07) is 8.85. The summed E-state index contributed by atoms with van der Waals surface area (Å²) < 4.78 is 0. The molecule has 0 aliphatic carbocycles. The van der Waals surface area contributed by atoms with Crippen molar-refractivity contribution >= 4 is 0 Å². The van der Waals surface area contributed by atoms with Crippen LogP contribution in [0.25, 0.3) is 0 Å². The Morgan fingerprint density at radius 3 is 2.73 bits per heavy atom. The average Bonchev–Trinajstić information content (AvgIpc) is 2.50. The van der Waals surface area contributed by atoms with Gasteiger partial charge in [-0.15, -0.1) is 0 Å². The summed E-state index contributed by atoms with van der Waals surface area (Å²) >= 11 is 0. The monoisotopic (exact) mass is 203 g/mol. The highest BCUT2D eigenvalue weighted by molar-refractivity contribution is 5.21. The SMILES string of the molecule is Cc1ccc(CN2CCC[N]CC2)cc1.